The Morgan fingerprint density at radius 3 is 2.58 bits per heavy atom. The van der Waals surface area contributed by atoms with Crippen molar-refractivity contribution < 1.29 is 22.3 Å². The van der Waals surface area contributed by atoms with Crippen molar-refractivity contribution in [3.05, 3.63) is 59.9 Å². The number of rotatable bonds is 5. The normalized spacial score (nSPS) is 11.5. The first kappa shape index (κ1) is 17.7. The molecule has 126 valence electrons. The van der Waals surface area contributed by atoms with Gasteiger partial charge in [0.25, 0.3) is 0 Å². The van der Waals surface area contributed by atoms with E-state index < -0.39 is 21.6 Å². The van der Waals surface area contributed by atoms with Gasteiger partial charge in [-0.25, -0.2) is 12.8 Å². The molecule has 2 aromatic rings. The zero-order valence-electron chi connectivity index (χ0n) is 13.1. The summed E-state index contributed by atoms with van der Waals surface area (Å²) < 4.78 is 41.4. The minimum atomic E-state index is -3.35. The SMILES string of the molecule is COc1ccc(C=CC(=O)Nc2cccc(S(C)(=O)=O)c2)cc1F. The van der Waals surface area contributed by atoms with Crippen LogP contribution in [0.15, 0.2) is 53.4 Å². The molecule has 0 aromatic heterocycles. The van der Waals surface area contributed by atoms with E-state index in [0.29, 0.717) is 11.3 Å². The zero-order valence-corrected chi connectivity index (χ0v) is 13.9. The Balaban J connectivity index is 2.09. The average molecular weight is 349 g/mol. The summed E-state index contributed by atoms with van der Waals surface area (Å²) in [5, 5.41) is 2.55. The quantitative estimate of drug-likeness (QED) is 0.843. The predicted octanol–water partition coefficient (Wildman–Crippen LogP) is 2.89. The Morgan fingerprint density at radius 1 is 1.21 bits per heavy atom. The first-order chi connectivity index (χ1) is 11.3. The molecule has 0 bridgehead atoms. The highest BCUT2D eigenvalue weighted by Gasteiger charge is 2.08. The van der Waals surface area contributed by atoms with Gasteiger partial charge in [0.1, 0.15) is 0 Å². The summed E-state index contributed by atoms with van der Waals surface area (Å²) in [5.74, 6) is -0.869. The molecule has 0 saturated heterocycles. The molecule has 0 aliphatic carbocycles. The Kier molecular flexibility index (Phi) is 5.35. The summed E-state index contributed by atoms with van der Waals surface area (Å²) in [6.07, 6.45) is 3.76. The Labute approximate surface area is 139 Å². The van der Waals surface area contributed by atoms with Gasteiger partial charge in [-0.3, -0.25) is 4.79 Å². The van der Waals surface area contributed by atoms with Gasteiger partial charge in [0.2, 0.25) is 5.91 Å². The fraction of sp³-hybridized carbons (Fsp3) is 0.118. The molecule has 2 aromatic carbocycles. The molecule has 0 heterocycles. The fourth-order valence-corrected chi connectivity index (χ4v) is 2.61. The number of carbonyl (C=O) groups is 1. The summed E-state index contributed by atoms with van der Waals surface area (Å²) in [6.45, 7) is 0. The molecule has 1 amide bonds. The Morgan fingerprint density at radius 2 is 1.96 bits per heavy atom. The number of carbonyl (C=O) groups excluding carboxylic acids is 1. The summed E-state index contributed by atoms with van der Waals surface area (Å²) in [6, 6.07) is 10.2. The maximum Gasteiger partial charge on any atom is 0.248 e. The van der Waals surface area contributed by atoms with Crippen LogP contribution in [0.5, 0.6) is 5.75 Å². The van der Waals surface area contributed by atoms with Crippen LogP contribution < -0.4 is 10.1 Å². The lowest BCUT2D eigenvalue weighted by atomic mass is 10.2. The topological polar surface area (TPSA) is 72.5 Å². The first-order valence-corrected chi connectivity index (χ1v) is 8.81. The number of amides is 1. The van der Waals surface area contributed by atoms with Gasteiger partial charge in [-0.05, 0) is 42.0 Å². The minimum Gasteiger partial charge on any atom is -0.494 e. The molecule has 0 spiro atoms. The standard InChI is InChI=1S/C17H16FNO4S/c1-23-16-8-6-12(10-15(16)18)7-9-17(20)19-13-4-3-5-14(11-13)24(2,21)22/h3-11H,1-2H3,(H,19,20). The summed E-state index contributed by atoms with van der Waals surface area (Å²) in [7, 11) is -1.98. The third-order valence-corrected chi connectivity index (χ3v) is 4.24. The summed E-state index contributed by atoms with van der Waals surface area (Å²) in [5.41, 5.74) is 0.849. The average Bonchev–Trinajstić information content (AvgIpc) is 2.52. The van der Waals surface area contributed by atoms with Crippen molar-refractivity contribution in [3.8, 4) is 5.75 Å². The van der Waals surface area contributed by atoms with E-state index in [9.17, 15) is 17.6 Å². The number of hydrogen-bond acceptors (Lipinski definition) is 4. The summed E-state index contributed by atoms with van der Waals surface area (Å²) >= 11 is 0. The smallest absolute Gasteiger partial charge is 0.248 e. The van der Waals surface area contributed by atoms with Crippen LogP contribution in [0.1, 0.15) is 5.56 Å². The first-order valence-electron chi connectivity index (χ1n) is 6.92. The van der Waals surface area contributed by atoms with E-state index in [4.69, 9.17) is 4.74 Å². The van der Waals surface area contributed by atoms with Gasteiger partial charge in [0.05, 0.1) is 12.0 Å². The van der Waals surface area contributed by atoms with Crippen LogP contribution in [0, 0.1) is 5.82 Å². The molecule has 7 heteroatoms. The zero-order chi connectivity index (χ0) is 17.7. The number of anilines is 1. The van der Waals surface area contributed by atoms with Crippen molar-refractivity contribution in [1.29, 1.82) is 0 Å². The van der Waals surface area contributed by atoms with E-state index in [-0.39, 0.29) is 10.6 Å². The van der Waals surface area contributed by atoms with Gasteiger partial charge >= 0.3 is 0 Å². The molecule has 0 atom stereocenters. The van der Waals surface area contributed by atoms with Gasteiger partial charge in [0.15, 0.2) is 21.4 Å². The van der Waals surface area contributed by atoms with Gasteiger partial charge in [-0.15, -0.1) is 0 Å². The molecular formula is C17H16FNO4S. The highest BCUT2D eigenvalue weighted by molar-refractivity contribution is 7.90. The molecule has 2 rings (SSSR count). The lowest BCUT2D eigenvalue weighted by molar-refractivity contribution is -0.111. The maximum atomic E-state index is 13.6. The highest BCUT2D eigenvalue weighted by Crippen LogP contribution is 2.19. The fourth-order valence-electron chi connectivity index (χ4n) is 1.95. The second-order valence-electron chi connectivity index (χ2n) is 5.02. The monoisotopic (exact) mass is 349 g/mol. The second-order valence-corrected chi connectivity index (χ2v) is 7.03. The van der Waals surface area contributed by atoms with E-state index in [1.165, 1.54) is 49.6 Å². The van der Waals surface area contributed by atoms with Crippen molar-refractivity contribution in [2.75, 3.05) is 18.7 Å². The highest BCUT2D eigenvalue weighted by atomic mass is 32.2. The molecule has 0 aliphatic heterocycles. The molecule has 1 N–H and O–H groups in total. The number of hydrogen-bond donors (Lipinski definition) is 1. The summed E-state index contributed by atoms with van der Waals surface area (Å²) in [4.78, 5) is 12.0. The number of ether oxygens (including phenoxy) is 1. The molecule has 0 aliphatic rings. The molecule has 24 heavy (non-hydrogen) atoms. The molecule has 0 radical (unpaired) electrons. The van der Waals surface area contributed by atoms with Crippen molar-refractivity contribution in [1.82, 2.24) is 0 Å². The van der Waals surface area contributed by atoms with E-state index in [1.807, 2.05) is 0 Å². The molecule has 5 nitrogen and oxygen atoms in total. The van der Waals surface area contributed by atoms with Crippen LogP contribution in [0.25, 0.3) is 6.08 Å². The van der Waals surface area contributed by atoms with E-state index in [2.05, 4.69) is 5.32 Å². The number of halogens is 1. The van der Waals surface area contributed by atoms with Crippen LogP contribution >= 0.6 is 0 Å². The third-order valence-electron chi connectivity index (χ3n) is 3.13. The van der Waals surface area contributed by atoms with E-state index in [0.717, 1.165) is 6.26 Å². The van der Waals surface area contributed by atoms with Crippen LogP contribution in [0.2, 0.25) is 0 Å². The number of methoxy groups -OCH3 is 1. The number of benzene rings is 2. The lowest BCUT2D eigenvalue weighted by Gasteiger charge is -2.05. The van der Waals surface area contributed by atoms with Crippen LogP contribution in [-0.4, -0.2) is 27.7 Å². The second kappa shape index (κ2) is 7.27. The van der Waals surface area contributed by atoms with Crippen LogP contribution in [-0.2, 0) is 14.6 Å². The van der Waals surface area contributed by atoms with Crippen molar-refractivity contribution in [2.24, 2.45) is 0 Å². The Bertz CT molecular complexity index is 891. The predicted molar refractivity (Wildman–Crippen MR) is 90.2 cm³/mol. The van der Waals surface area contributed by atoms with Crippen LogP contribution in [0.4, 0.5) is 10.1 Å². The van der Waals surface area contributed by atoms with Crippen LogP contribution in [0.3, 0.4) is 0 Å². The molecule has 0 unspecified atom stereocenters. The molecule has 0 saturated carbocycles. The van der Waals surface area contributed by atoms with Gasteiger partial charge in [0, 0.05) is 18.0 Å². The lowest BCUT2D eigenvalue weighted by Crippen LogP contribution is -2.08. The third kappa shape index (κ3) is 4.66. The molecular weight excluding hydrogens is 333 g/mol. The van der Waals surface area contributed by atoms with Gasteiger partial charge in [-0.1, -0.05) is 12.1 Å². The van der Waals surface area contributed by atoms with Crippen molar-refractivity contribution in [2.45, 2.75) is 4.90 Å². The minimum absolute atomic E-state index is 0.113. The molecule has 0 fully saturated rings. The number of sulfone groups is 1. The van der Waals surface area contributed by atoms with Crippen molar-refractivity contribution >= 4 is 27.5 Å². The Hall–Kier alpha value is -2.67. The van der Waals surface area contributed by atoms with Crippen molar-refractivity contribution in [3.63, 3.8) is 0 Å². The maximum absolute atomic E-state index is 13.6. The van der Waals surface area contributed by atoms with Gasteiger partial charge in [-0.2, -0.15) is 0 Å². The number of nitrogens with one attached hydrogen (secondary N) is 1. The van der Waals surface area contributed by atoms with E-state index in [1.54, 1.807) is 12.1 Å². The van der Waals surface area contributed by atoms with E-state index >= 15 is 0 Å². The van der Waals surface area contributed by atoms with Gasteiger partial charge < -0.3 is 10.1 Å². The largest absolute Gasteiger partial charge is 0.494 e.